The third kappa shape index (κ3) is 3.25. The van der Waals surface area contributed by atoms with Gasteiger partial charge in [-0.1, -0.05) is 35.9 Å². The second-order valence-electron chi connectivity index (χ2n) is 5.39. The molecule has 1 heterocycles. The third-order valence-corrected chi connectivity index (χ3v) is 5.21. The fourth-order valence-electron chi connectivity index (χ4n) is 2.85. The molecule has 0 aliphatic carbocycles. The summed E-state index contributed by atoms with van der Waals surface area (Å²) in [6.07, 6.45) is 1.92. The van der Waals surface area contributed by atoms with Crippen LogP contribution in [0.3, 0.4) is 0 Å². The molecule has 0 amide bonds. The maximum atomic E-state index is 6.40. The summed E-state index contributed by atoms with van der Waals surface area (Å²) in [6.45, 7) is 0.763. The Hall–Kier alpha value is -1.03. The summed E-state index contributed by atoms with van der Waals surface area (Å²) in [5.74, 6) is 1.44. The summed E-state index contributed by atoms with van der Waals surface area (Å²) in [5.41, 5.74) is 8.77. The molecule has 110 valence electrons. The number of halogens is 2. The van der Waals surface area contributed by atoms with Gasteiger partial charge in [0, 0.05) is 10.5 Å². The minimum atomic E-state index is -0.00489. The molecule has 2 aromatic rings. The van der Waals surface area contributed by atoms with Gasteiger partial charge in [-0.3, -0.25) is 0 Å². The summed E-state index contributed by atoms with van der Waals surface area (Å²) in [6, 6.07) is 14.1. The zero-order chi connectivity index (χ0) is 14.8. The van der Waals surface area contributed by atoms with E-state index in [9.17, 15) is 0 Å². The van der Waals surface area contributed by atoms with Crippen molar-refractivity contribution in [2.75, 3.05) is 6.61 Å². The molecule has 0 spiro atoms. The lowest BCUT2D eigenvalue weighted by Gasteiger charge is -2.28. The van der Waals surface area contributed by atoms with Crippen LogP contribution < -0.4 is 10.5 Å². The Morgan fingerprint density at radius 3 is 2.90 bits per heavy atom. The lowest BCUT2D eigenvalue weighted by atomic mass is 9.86. The first-order chi connectivity index (χ1) is 10.1. The quantitative estimate of drug-likeness (QED) is 0.824. The predicted octanol–water partition coefficient (Wildman–Crippen LogP) is 5.06. The van der Waals surface area contributed by atoms with Crippen LogP contribution in [0.2, 0.25) is 5.02 Å². The van der Waals surface area contributed by atoms with E-state index in [0.717, 1.165) is 35.2 Å². The lowest BCUT2D eigenvalue weighted by Crippen LogP contribution is -2.20. The second kappa shape index (κ2) is 6.39. The molecule has 1 aliphatic heterocycles. The zero-order valence-electron chi connectivity index (χ0n) is 11.6. The van der Waals surface area contributed by atoms with Crippen molar-refractivity contribution in [1.82, 2.24) is 0 Å². The maximum absolute atomic E-state index is 6.40. The predicted molar refractivity (Wildman–Crippen MR) is 90.0 cm³/mol. The van der Waals surface area contributed by atoms with Crippen molar-refractivity contribution >= 4 is 27.5 Å². The molecule has 0 aromatic heterocycles. The van der Waals surface area contributed by atoms with Crippen LogP contribution in [0.5, 0.6) is 5.75 Å². The van der Waals surface area contributed by atoms with Gasteiger partial charge in [0.05, 0.1) is 11.6 Å². The Labute approximate surface area is 138 Å². The fourth-order valence-corrected chi connectivity index (χ4v) is 3.36. The normalized spacial score (nSPS) is 18.7. The van der Waals surface area contributed by atoms with E-state index >= 15 is 0 Å². The van der Waals surface area contributed by atoms with Crippen molar-refractivity contribution < 1.29 is 4.74 Å². The van der Waals surface area contributed by atoms with E-state index in [-0.39, 0.29) is 6.04 Å². The lowest BCUT2D eigenvalue weighted by molar-refractivity contribution is 0.259. The van der Waals surface area contributed by atoms with Gasteiger partial charge >= 0.3 is 0 Å². The van der Waals surface area contributed by atoms with Crippen molar-refractivity contribution in [1.29, 1.82) is 0 Å². The van der Waals surface area contributed by atoms with Crippen molar-refractivity contribution in [3.05, 3.63) is 63.1 Å². The maximum Gasteiger partial charge on any atom is 0.122 e. The molecule has 1 aliphatic rings. The highest BCUT2D eigenvalue weighted by Crippen LogP contribution is 2.38. The number of nitrogens with two attached hydrogens (primary N) is 1. The minimum Gasteiger partial charge on any atom is -0.493 e. The van der Waals surface area contributed by atoms with Crippen LogP contribution in [0.4, 0.5) is 0 Å². The van der Waals surface area contributed by atoms with Crippen molar-refractivity contribution in [2.45, 2.75) is 24.8 Å². The largest absolute Gasteiger partial charge is 0.493 e. The van der Waals surface area contributed by atoms with E-state index in [2.05, 4.69) is 28.1 Å². The van der Waals surface area contributed by atoms with E-state index in [1.165, 1.54) is 5.56 Å². The molecule has 2 unspecified atom stereocenters. The molecule has 2 N–H and O–H groups in total. The molecule has 0 bridgehead atoms. The Balaban J connectivity index is 1.79. The average Bonchev–Trinajstić information content (AvgIpc) is 2.50. The summed E-state index contributed by atoms with van der Waals surface area (Å²) in [7, 11) is 0. The van der Waals surface area contributed by atoms with Gasteiger partial charge < -0.3 is 10.5 Å². The first-order valence-electron chi connectivity index (χ1n) is 7.07. The number of fused-ring (bicyclic) bond motifs is 1. The van der Waals surface area contributed by atoms with E-state index < -0.39 is 0 Å². The molecule has 2 nitrogen and oxygen atoms in total. The number of benzene rings is 2. The molecule has 0 saturated carbocycles. The molecule has 0 radical (unpaired) electrons. The fraction of sp³-hybridized carbons (Fsp3) is 0.294. The standard InChI is InChI=1S/C17H17BrClNO/c18-14-9-12(5-6-15(14)19)16(20)10-11-7-8-21-17-4-2-1-3-13(11)17/h1-6,9,11,16H,7-8,10,20H2. The van der Waals surface area contributed by atoms with Crippen LogP contribution in [-0.4, -0.2) is 6.61 Å². The molecule has 2 atom stereocenters. The summed E-state index contributed by atoms with van der Waals surface area (Å²) < 4.78 is 6.60. The number of rotatable bonds is 3. The number of ether oxygens (including phenoxy) is 1. The van der Waals surface area contributed by atoms with Crippen molar-refractivity contribution in [3.8, 4) is 5.75 Å². The van der Waals surface area contributed by atoms with E-state index in [4.69, 9.17) is 22.1 Å². The third-order valence-electron chi connectivity index (χ3n) is 3.99. The van der Waals surface area contributed by atoms with Gasteiger partial charge in [-0.2, -0.15) is 0 Å². The van der Waals surface area contributed by atoms with E-state index in [0.29, 0.717) is 10.9 Å². The Bertz CT molecular complexity index is 646. The van der Waals surface area contributed by atoms with Gasteiger partial charge in [0.2, 0.25) is 0 Å². The molecule has 0 saturated heterocycles. The number of hydrogen-bond acceptors (Lipinski definition) is 2. The summed E-state index contributed by atoms with van der Waals surface area (Å²) in [5, 5.41) is 0.711. The Morgan fingerprint density at radius 2 is 2.10 bits per heavy atom. The molecule has 4 heteroatoms. The molecular formula is C17H17BrClNO. The van der Waals surface area contributed by atoms with Crippen LogP contribution in [0.1, 0.15) is 35.9 Å². The highest BCUT2D eigenvalue weighted by atomic mass is 79.9. The molecule has 2 aromatic carbocycles. The summed E-state index contributed by atoms with van der Waals surface area (Å²) in [4.78, 5) is 0. The molecule has 0 fully saturated rings. The Kier molecular flexibility index (Phi) is 4.53. The van der Waals surface area contributed by atoms with Gasteiger partial charge in [0.15, 0.2) is 0 Å². The van der Waals surface area contributed by atoms with Gasteiger partial charge in [-0.05, 0) is 64.0 Å². The molecular weight excluding hydrogens is 350 g/mol. The van der Waals surface area contributed by atoms with Crippen molar-refractivity contribution in [3.63, 3.8) is 0 Å². The molecule has 21 heavy (non-hydrogen) atoms. The van der Waals surface area contributed by atoms with Gasteiger partial charge in [-0.25, -0.2) is 0 Å². The number of para-hydroxylation sites is 1. The smallest absolute Gasteiger partial charge is 0.122 e. The van der Waals surface area contributed by atoms with Crippen LogP contribution in [0, 0.1) is 0 Å². The molecule has 3 rings (SSSR count). The summed E-state index contributed by atoms with van der Waals surface area (Å²) >= 11 is 9.50. The first kappa shape index (κ1) is 14.9. The van der Waals surface area contributed by atoms with Crippen LogP contribution in [0.15, 0.2) is 46.9 Å². The van der Waals surface area contributed by atoms with E-state index in [1.54, 1.807) is 0 Å². The van der Waals surface area contributed by atoms with Crippen molar-refractivity contribution in [2.24, 2.45) is 5.73 Å². The van der Waals surface area contributed by atoms with Crippen LogP contribution >= 0.6 is 27.5 Å². The van der Waals surface area contributed by atoms with Gasteiger partial charge in [0.25, 0.3) is 0 Å². The topological polar surface area (TPSA) is 35.2 Å². The highest BCUT2D eigenvalue weighted by Gasteiger charge is 2.23. The average molecular weight is 367 g/mol. The SMILES string of the molecule is NC(CC1CCOc2ccccc21)c1ccc(Cl)c(Br)c1. The zero-order valence-corrected chi connectivity index (χ0v) is 13.9. The van der Waals surface area contributed by atoms with Crippen LogP contribution in [0.25, 0.3) is 0 Å². The van der Waals surface area contributed by atoms with E-state index in [1.807, 2.05) is 30.3 Å². The van der Waals surface area contributed by atoms with Gasteiger partial charge in [-0.15, -0.1) is 0 Å². The highest BCUT2D eigenvalue weighted by molar-refractivity contribution is 9.10. The monoisotopic (exact) mass is 365 g/mol. The Morgan fingerprint density at radius 1 is 1.29 bits per heavy atom. The van der Waals surface area contributed by atoms with Gasteiger partial charge in [0.1, 0.15) is 5.75 Å². The minimum absolute atomic E-state index is 0.00489. The first-order valence-corrected chi connectivity index (χ1v) is 8.24. The van der Waals surface area contributed by atoms with Crippen LogP contribution in [-0.2, 0) is 0 Å². The second-order valence-corrected chi connectivity index (χ2v) is 6.65. The number of hydrogen-bond donors (Lipinski definition) is 1.